The number of rotatable bonds is 3. The summed E-state index contributed by atoms with van der Waals surface area (Å²) >= 11 is 0. The van der Waals surface area contributed by atoms with E-state index in [-0.39, 0.29) is 12.5 Å². The number of piperidine rings is 1. The third-order valence-corrected chi connectivity index (χ3v) is 3.67. The Bertz CT molecular complexity index is 239. The van der Waals surface area contributed by atoms with Gasteiger partial charge in [0.2, 0.25) is 5.91 Å². The Balaban J connectivity index is 1.85. The molecule has 92 valence electrons. The fourth-order valence-corrected chi connectivity index (χ4v) is 2.80. The van der Waals surface area contributed by atoms with E-state index in [1.807, 2.05) is 4.90 Å². The predicted molar refractivity (Wildman–Crippen MR) is 62.3 cm³/mol. The monoisotopic (exact) mass is 226 g/mol. The predicted octanol–water partition coefficient (Wildman–Crippen LogP) is 0.720. The zero-order valence-corrected chi connectivity index (χ0v) is 10.2. The van der Waals surface area contributed by atoms with Gasteiger partial charge in [-0.05, 0) is 38.8 Å². The normalized spacial score (nSPS) is 27.3. The third-order valence-electron chi connectivity index (χ3n) is 3.67. The van der Waals surface area contributed by atoms with Gasteiger partial charge in [-0.1, -0.05) is 0 Å². The molecule has 2 saturated heterocycles. The molecule has 4 nitrogen and oxygen atoms in total. The van der Waals surface area contributed by atoms with Crippen molar-refractivity contribution in [3.8, 4) is 0 Å². The molecule has 0 aliphatic carbocycles. The van der Waals surface area contributed by atoms with Crippen molar-refractivity contribution in [3.63, 3.8) is 0 Å². The van der Waals surface area contributed by atoms with Gasteiger partial charge in [0, 0.05) is 26.2 Å². The SMILES string of the molecule is COCC(=O)N1CCCC(N2CCCC2)C1. The van der Waals surface area contributed by atoms with Crippen molar-refractivity contribution >= 4 is 5.91 Å². The van der Waals surface area contributed by atoms with Crippen LogP contribution in [0.4, 0.5) is 0 Å². The van der Waals surface area contributed by atoms with E-state index in [1.54, 1.807) is 7.11 Å². The zero-order chi connectivity index (χ0) is 11.4. The molecule has 0 bridgehead atoms. The fourth-order valence-electron chi connectivity index (χ4n) is 2.80. The summed E-state index contributed by atoms with van der Waals surface area (Å²) in [5, 5.41) is 0. The molecule has 0 radical (unpaired) electrons. The van der Waals surface area contributed by atoms with Crippen molar-refractivity contribution in [2.45, 2.75) is 31.7 Å². The average Bonchev–Trinajstić information content (AvgIpc) is 2.83. The highest BCUT2D eigenvalue weighted by atomic mass is 16.5. The van der Waals surface area contributed by atoms with E-state index in [1.165, 1.54) is 32.4 Å². The summed E-state index contributed by atoms with van der Waals surface area (Å²) in [5.41, 5.74) is 0. The van der Waals surface area contributed by atoms with E-state index < -0.39 is 0 Å². The van der Waals surface area contributed by atoms with Crippen molar-refractivity contribution in [1.29, 1.82) is 0 Å². The Kier molecular flexibility index (Phi) is 4.18. The number of likely N-dealkylation sites (tertiary alicyclic amines) is 2. The number of amides is 1. The first-order chi connectivity index (χ1) is 7.81. The van der Waals surface area contributed by atoms with Gasteiger partial charge in [-0.2, -0.15) is 0 Å². The van der Waals surface area contributed by atoms with Crippen LogP contribution in [0.3, 0.4) is 0 Å². The summed E-state index contributed by atoms with van der Waals surface area (Å²) in [6.07, 6.45) is 5.03. The van der Waals surface area contributed by atoms with E-state index in [0.717, 1.165) is 19.5 Å². The molecule has 16 heavy (non-hydrogen) atoms. The second kappa shape index (κ2) is 5.64. The van der Waals surface area contributed by atoms with E-state index >= 15 is 0 Å². The number of carbonyl (C=O) groups excluding carboxylic acids is 1. The van der Waals surface area contributed by atoms with E-state index in [0.29, 0.717) is 6.04 Å². The molecule has 2 aliphatic heterocycles. The summed E-state index contributed by atoms with van der Waals surface area (Å²) in [6.45, 7) is 4.48. The minimum Gasteiger partial charge on any atom is -0.375 e. The van der Waals surface area contributed by atoms with Crippen molar-refractivity contribution in [2.24, 2.45) is 0 Å². The minimum absolute atomic E-state index is 0.145. The van der Waals surface area contributed by atoms with Gasteiger partial charge in [0.25, 0.3) is 0 Å². The van der Waals surface area contributed by atoms with Crippen LogP contribution in [0.5, 0.6) is 0 Å². The van der Waals surface area contributed by atoms with Crippen molar-refractivity contribution in [1.82, 2.24) is 9.80 Å². The Morgan fingerprint density at radius 2 is 2.00 bits per heavy atom. The lowest BCUT2D eigenvalue weighted by atomic mass is 10.0. The number of carbonyl (C=O) groups is 1. The Hall–Kier alpha value is -0.610. The molecule has 2 aliphatic rings. The van der Waals surface area contributed by atoms with Gasteiger partial charge in [0.1, 0.15) is 6.61 Å². The molecule has 2 fully saturated rings. The largest absolute Gasteiger partial charge is 0.375 e. The zero-order valence-electron chi connectivity index (χ0n) is 10.2. The number of methoxy groups -OCH3 is 1. The molecular weight excluding hydrogens is 204 g/mol. The molecule has 0 aromatic heterocycles. The summed E-state index contributed by atoms with van der Waals surface area (Å²) in [6, 6.07) is 0.594. The van der Waals surface area contributed by atoms with E-state index in [4.69, 9.17) is 4.74 Å². The molecule has 4 heteroatoms. The first kappa shape index (κ1) is 11.9. The highest BCUT2D eigenvalue weighted by Crippen LogP contribution is 2.20. The number of hydrogen-bond acceptors (Lipinski definition) is 3. The maximum Gasteiger partial charge on any atom is 0.248 e. The smallest absolute Gasteiger partial charge is 0.248 e. The van der Waals surface area contributed by atoms with E-state index in [9.17, 15) is 4.79 Å². The van der Waals surface area contributed by atoms with Gasteiger partial charge >= 0.3 is 0 Å². The number of ether oxygens (including phenoxy) is 1. The first-order valence-corrected chi connectivity index (χ1v) is 6.32. The molecule has 0 spiro atoms. The highest BCUT2D eigenvalue weighted by molar-refractivity contribution is 5.77. The molecule has 0 aromatic carbocycles. The van der Waals surface area contributed by atoms with Crippen LogP contribution in [0, 0.1) is 0 Å². The van der Waals surface area contributed by atoms with Crippen molar-refractivity contribution in [2.75, 3.05) is 39.9 Å². The second-order valence-corrected chi connectivity index (χ2v) is 4.81. The minimum atomic E-state index is 0.145. The van der Waals surface area contributed by atoms with Crippen LogP contribution in [-0.2, 0) is 9.53 Å². The van der Waals surface area contributed by atoms with Gasteiger partial charge in [-0.15, -0.1) is 0 Å². The van der Waals surface area contributed by atoms with Crippen molar-refractivity contribution in [3.05, 3.63) is 0 Å². The lowest BCUT2D eigenvalue weighted by molar-refractivity contribution is -0.137. The van der Waals surface area contributed by atoms with Crippen LogP contribution in [0.25, 0.3) is 0 Å². The molecular formula is C12H22N2O2. The van der Waals surface area contributed by atoms with Crippen molar-refractivity contribution < 1.29 is 9.53 Å². The summed E-state index contributed by atoms with van der Waals surface area (Å²) in [4.78, 5) is 16.3. The van der Waals surface area contributed by atoms with Gasteiger partial charge < -0.3 is 9.64 Å². The highest BCUT2D eigenvalue weighted by Gasteiger charge is 2.28. The molecule has 1 unspecified atom stereocenters. The lowest BCUT2D eigenvalue weighted by Gasteiger charge is -2.37. The standard InChI is InChI=1S/C12H22N2O2/c1-16-10-12(15)14-8-4-5-11(9-14)13-6-2-3-7-13/h11H,2-10H2,1H3. The number of hydrogen-bond donors (Lipinski definition) is 0. The summed E-state index contributed by atoms with van der Waals surface area (Å²) < 4.78 is 4.91. The van der Waals surface area contributed by atoms with Crippen LogP contribution in [0.15, 0.2) is 0 Å². The maximum absolute atomic E-state index is 11.7. The summed E-state index contributed by atoms with van der Waals surface area (Å²) in [7, 11) is 1.58. The average molecular weight is 226 g/mol. The van der Waals surface area contributed by atoms with Gasteiger partial charge in [0.15, 0.2) is 0 Å². The molecule has 0 saturated carbocycles. The molecule has 0 N–H and O–H groups in total. The summed E-state index contributed by atoms with van der Waals surface area (Å²) in [5.74, 6) is 0.145. The molecule has 0 aromatic rings. The lowest BCUT2D eigenvalue weighted by Crippen LogP contribution is -2.49. The number of nitrogens with zero attached hydrogens (tertiary/aromatic N) is 2. The second-order valence-electron chi connectivity index (χ2n) is 4.81. The van der Waals surface area contributed by atoms with Crippen LogP contribution in [0.2, 0.25) is 0 Å². The van der Waals surface area contributed by atoms with Crippen LogP contribution < -0.4 is 0 Å². The Labute approximate surface area is 97.5 Å². The molecule has 1 amide bonds. The molecule has 2 heterocycles. The van der Waals surface area contributed by atoms with Crippen LogP contribution >= 0.6 is 0 Å². The quantitative estimate of drug-likeness (QED) is 0.711. The van der Waals surface area contributed by atoms with Gasteiger partial charge in [0.05, 0.1) is 0 Å². The fraction of sp³-hybridized carbons (Fsp3) is 0.917. The maximum atomic E-state index is 11.7. The molecule has 1 atom stereocenters. The van der Waals surface area contributed by atoms with Gasteiger partial charge in [-0.25, -0.2) is 0 Å². The topological polar surface area (TPSA) is 32.8 Å². The van der Waals surface area contributed by atoms with E-state index in [2.05, 4.69) is 4.90 Å². The van der Waals surface area contributed by atoms with Crippen LogP contribution in [0.1, 0.15) is 25.7 Å². The van der Waals surface area contributed by atoms with Gasteiger partial charge in [-0.3, -0.25) is 9.69 Å². The first-order valence-electron chi connectivity index (χ1n) is 6.32. The Morgan fingerprint density at radius 3 is 2.69 bits per heavy atom. The third kappa shape index (κ3) is 2.74. The van der Waals surface area contributed by atoms with Crippen LogP contribution in [-0.4, -0.2) is 61.6 Å². The molecule has 2 rings (SSSR count). The Morgan fingerprint density at radius 1 is 1.25 bits per heavy atom.